The smallest absolute Gasteiger partial charge is 0.303 e. The zero-order valence-electron chi connectivity index (χ0n) is 20.0. The maximum atomic E-state index is 10.5. The van der Waals surface area contributed by atoms with Gasteiger partial charge >= 0.3 is 5.97 Å². The molecule has 0 amide bonds. The van der Waals surface area contributed by atoms with Gasteiger partial charge in [-0.1, -0.05) is 96.8 Å². The first-order chi connectivity index (χ1) is 15.3. The van der Waals surface area contributed by atoms with Gasteiger partial charge in [-0.15, -0.1) is 0 Å². The molecule has 0 aromatic rings. The predicted molar refractivity (Wildman–Crippen MR) is 124 cm³/mol. The second-order valence-corrected chi connectivity index (χ2v) is 8.40. The molecule has 0 aliphatic carbocycles. The average Bonchev–Trinajstić information content (AvgIpc) is 2.79. The number of unbranched alkanes of at least 4 members (excludes halogenated alkanes) is 14. The number of aliphatic hydroxyl groups is 5. The Morgan fingerprint density at radius 2 is 1.03 bits per heavy atom. The highest BCUT2D eigenvalue weighted by molar-refractivity contribution is 5.84. The standard InChI is InChI=1S/C18H36O2.C6H12O6/c1-2-3-4-5-6-7-8-9-10-11-12-13-14-15-16-17-18(19)20;7-1-3(9)5(11)6(12)4(10)2-8/h2-17H2,1H3,(H,19,20);3,5-9,11-12H,1-2H2. The van der Waals surface area contributed by atoms with Gasteiger partial charge in [0.15, 0.2) is 5.78 Å². The Labute approximate surface area is 193 Å². The van der Waals surface area contributed by atoms with Crippen molar-refractivity contribution in [1.82, 2.24) is 0 Å². The summed E-state index contributed by atoms with van der Waals surface area (Å²) in [6, 6.07) is 0. The van der Waals surface area contributed by atoms with Crippen LogP contribution in [0.2, 0.25) is 0 Å². The van der Waals surface area contributed by atoms with Gasteiger partial charge in [0.25, 0.3) is 0 Å². The lowest BCUT2D eigenvalue weighted by Gasteiger charge is -2.19. The van der Waals surface area contributed by atoms with Gasteiger partial charge in [-0.25, -0.2) is 0 Å². The lowest BCUT2D eigenvalue weighted by molar-refractivity contribution is -0.142. The summed E-state index contributed by atoms with van der Waals surface area (Å²) in [5, 5.41) is 51.6. The summed E-state index contributed by atoms with van der Waals surface area (Å²) in [6.07, 6.45) is 15.0. The van der Waals surface area contributed by atoms with Crippen LogP contribution in [0.25, 0.3) is 0 Å². The van der Waals surface area contributed by atoms with E-state index in [2.05, 4.69) is 6.92 Å². The molecule has 8 heteroatoms. The molecular formula is C24H48O8. The largest absolute Gasteiger partial charge is 0.481 e. The van der Waals surface area contributed by atoms with Crippen molar-refractivity contribution >= 4 is 11.8 Å². The van der Waals surface area contributed by atoms with Crippen molar-refractivity contribution in [3.63, 3.8) is 0 Å². The van der Waals surface area contributed by atoms with Gasteiger partial charge in [0, 0.05) is 6.42 Å². The fourth-order valence-corrected chi connectivity index (χ4v) is 3.25. The van der Waals surface area contributed by atoms with Crippen LogP contribution in [-0.2, 0) is 9.59 Å². The SMILES string of the molecule is CCCCCCCCCCCCCCCCCC(=O)O.O=C(CO)C(O)C(O)C(O)CO. The summed E-state index contributed by atoms with van der Waals surface area (Å²) in [4.78, 5) is 20.9. The fourth-order valence-electron chi connectivity index (χ4n) is 3.25. The summed E-state index contributed by atoms with van der Waals surface area (Å²) in [5.74, 6) is -1.66. The van der Waals surface area contributed by atoms with Crippen molar-refractivity contribution in [1.29, 1.82) is 0 Å². The average molecular weight is 465 g/mol. The van der Waals surface area contributed by atoms with Gasteiger partial charge in [-0.2, -0.15) is 0 Å². The lowest BCUT2D eigenvalue weighted by atomic mass is 10.0. The predicted octanol–water partition coefficient (Wildman–Crippen LogP) is 2.96. The molecule has 0 fully saturated rings. The van der Waals surface area contributed by atoms with E-state index < -0.39 is 43.3 Å². The molecule has 0 aromatic heterocycles. The number of carbonyl (C=O) groups excluding carboxylic acids is 1. The summed E-state index contributed by atoms with van der Waals surface area (Å²) in [7, 11) is 0. The second-order valence-electron chi connectivity index (χ2n) is 8.40. The molecule has 0 aromatic carbocycles. The number of carboxylic acids is 1. The molecule has 0 aliphatic heterocycles. The normalized spacial score (nSPS) is 13.7. The first-order valence-electron chi connectivity index (χ1n) is 12.3. The van der Waals surface area contributed by atoms with E-state index in [-0.39, 0.29) is 0 Å². The quantitative estimate of drug-likeness (QED) is 0.142. The first-order valence-corrected chi connectivity index (χ1v) is 12.3. The Morgan fingerprint density at radius 3 is 1.34 bits per heavy atom. The number of aliphatic hydroxyl groups excluding tert-OH is 5. The van der Waals surface area contributed by atoms with Crippen LogP contribution >= 0.6 is 0 Å². The van der Waals surface area contributed by atoms with Gasteiger partial charge in [0.05, 0.1) is 6.61 Å². The molecule has 0 spiro atoms. The Hall–Kier alpha value is -1.06. The van der Waals surface area contributed by atoms with Crippen LogP contribution < -0.4 is 0 Å². The third-order valence-corrected chi connectivity index (χ3v) is 5.38. The summed E-state index contributed by atoms with van der Waals surface area (Å²) >= 11 is 0. The van der Waals surface area contributed by atoms with Crippen molar-refractivity contribution < 1.29 is 40.2 Å². The van der Waals surface area contributed by atoms with Crippen LogP contribution in [0.5, 0.6) is 0 Å². The molecule has 0 saturated carbocycles. The van der Waals surface area contributed by atoms with Gasteiger partial charge < -0.3 is 30.6 Å². The molecule has 8 nitrogen and oxygen atoms in total. The summed E-state index contributed by atoms with van der Waals surface area (Å²) < 4.78 is 0. The highest BCUT2D eigenvalue weighted by atomic mass is 16.4. The molecular weight excluding hydrogens is 416 g/mol. The molecule has 0 saturated heterocycles. The molecule has 0 heterocycles. The number of ketones is 1. The van der Waals surface area contributed by atoms with Crippen molar-refractivity contribution in [3.05, 3.63) is 0 Å². The van der Waals surface area contributed by atoms with Crippen molar-refractivity contribution in [2.45, 2.75) is 128 Å². The first kappa shape index (κ1) is 33.1. The maximum Gasteiger partial charge on any atom is 0.303 e. The zero-order valence-corrected chi connectivity index (χ0v) is 20.0. The van der Waals surface area contributed by atoms with Crippen molar-refractivity contribution in [2.24, 2.45) is 0 Å². The van der Waals surface area contributed by atoms with E-state index in [0.29, 0.717) is 6.42 Å². The fraction of sp³-hybridized carbons (Fsp3) is 0.917. The number of Topliss-reactive ketones (excluding diaryl/α,β-unsaturated/α-hetero) is 1. The summed E-state index contributed by atoms with van der Waals surface area (Å²) in [6.45, 7) is 0.583. The highest BCUT2D eigenvalue weighted by Crippen LogP contribution is 2.13. The minimum Gasteiger partial charge on any atom is -0.481 e. The molecule has 0 aliphatic rings. The van der Waals surface area contributed by atoms with Crippen LogP contribution in [0.4, 0.5) is 0 Å². The topological polar surface area (TPSA) is 156 Å². The number of carboxylic acid groups (broad SMARTS) is 1. The van der Waals surface area contributed by atoms with Crippen molar-refractivity contribution in [3.8, 4) is 0 Å². The molecule has 3 unspecified atom stereocenters. The van der Waals surface area contributed by atoms with Gasteiger partial charge in [-0.05, 0) is 6.42 Å². The zero-order chi connectivity index (χ0) is 24.6. The third-order valence-electron chi connectivity index (χ3n) is 5.38. The monoisotopic (exact) mass is 464 g/mol. The van der Waals surface area contributed by atoms with Crippen molar-refractivity contribution in [2.75, 3.05) is 13.2 Å². The van der Waals surface area contributed by atoms with Crippen LogP contribution in [0.15, 0.2) is 0 Å². The Balaban J connectivity index is 0. The van der Waals surface area contributed by atoms with E-state index >= 15 is 0 Å². The van der Waals surface area contributed by atoms with E-state index in [0.717, 1.165) is 12.8 Å². The molecule has 6 N–H and O–H groups in total. The molecule has 0 rings (SSSR count). The van der Waals surface area contributed by atoms with E-state index in [1.165, 1.54) is 83.5 Å². The van der Waals surface area contributed by atoms with Crippen LogP contribution in [0.3, 0.4) is 0 Å². The Morgan fingerprint density at radius 1 is 0.656 bits per heavy atom. The van der Waals surface area contributed by atoms with E-state index in [9.17, 15) is 9.59 Å². The van der Waals surface area contributed by atoms with Gasteiger partial charge in [0.2, 0.25) is 0 Å². The lowest BCUT2D eigenvalue weighted by Crippen LogP contribution is -2.44. The van der Waals surface area contributed by atoms with Gasteiger partial charge in [-0.3, -0.25) is 9.59 Å². The minimum atomic E-state index is -1.86. The molecule has 0 bridgehead atoms. The Kier molecular flexibility index (Phi) is 25.4. The van der Waals surface area contributed by atoms with Crippen LogP contribution in [0.1, 0.15) is 110 Å². The molecule has 192 valence electrons. The number of rotatable bonds is 21. The number of hydrogen-bond acceptors (Lipinski definition) is 7. The van der Waals surface area contributed by atoms with Crippen LogP contribution in [0, 0.1) is 0 Å². The van der Waals surface area contributed by atoms with Crippen LogP contribution in [-0.4, -0.2) is 73.9 Å². The maximum absolute atomic E-state index is 10.5. The van der Waals surface area contributed by atoms with E-state index in [1.54, 1.807) is 0 Å². The number of hydrogen-bond donors (Lipinski definition) is 6. The van der Waals surface area contributed by atoms with E-state index in [4.69, 9.17) is 30.6 Å². The van der Waals surface area contributed by atoms with Gasteiger partial charge in [0.1, 0.15) is 24.9 Å². The molecule has 3 atom stereocenters. The molecule has 0 radical (unpaired) electrons. The number of carbonyl (C=O) groups is 2. The van der Waals surface area contributed by atoms with E-state index in [1.807, 2.05) is 0 Å². The highest BCUT2D eigenvalue weighted by Gasteiger charge is 2.28. The third kappa shape index (κ3) is 22.1. The Bertz CT molecular complexity index is 430. The minimum absolute atomic E-state index is 0.345. The second kappa shape index (κ2) is 24.6. The number of aliphatic carboxylic acids is 1. The molecule has 32 heavy (non-hydrogen) atoms. The summed E-state index contributed by atoms with van der Waals surface area (Å²) in [5.41, 5.74) is 0.